The Labute approximate surface area is 132 Å². The number of benzene rings is 1. The van der Waals surface area contributed by atoms with Gasteiger partial charge in [0.25, 0.3) is 0 Å². The number of terminal acetylenes is 1. The minimum Gasteiger partial charge on any atom is -0.356 e. The standard InChI is InChI=1S/C17H24N4O/c1-4-6-7-11-19-17(18-3)20-13-16(22)21-15-10-8-9-14(5-2)12-15/h2,8-10,12H,4,6-7,11,13H2,1,3H3,(H,21,22)(H2,18,19,20). The first-order valence-electron chi connectivity index (χ1n) is 7.50. The molecule has 1 aromatic rings. The quantitative estimate of drug-likeness (QED) is 0.312. The van der Waals surface area contributed by atoms with Crippen LogP contribution in [0.5, 0.6) is 0 Å². The summed E-state index contributed by atoms with van der Waals surface area (Å²) in [5.41, 5.74) is 1.42. The van der Waals surface area contributed by atoms with Crippen LogP contribution in [-0.2, 0) is 4.79 Å². The van der Waals surface area contributed by atoms with E-state index in [2.05, 4.69) is 33.8 Å². The summed E-state index contributed by atoms with van der Waals surface area (Å²) in [6.07, 6.45) is 8.77. The van der Waals surface area contributed by atoms with Gasteiger partial charge in [-0.25, -0.2) is 0 Å². The Balaban J connectivity index is 2.36. The number of guanidine groups is 1. The molecule has 0 heterocycles. The highest BCUT2D eigenvalue weighted by Crippen LogP contribution is 2.09. The van der Waals surface area contributed by atoms with Crippen LogP contribution in [0.3, 0.4) is 0 Å². The van der Waals surface area contributed by atoms with Crippen LogP contribution in [0, 0.1) is 12.3 Å². The molecule has 0 unspecified atom stereocenters. The molecule has 0 spiro atoms. The van der Waals surface area contributed by atoms with Crippen molar-refractivity contribution in [2.45, 2.75) is 26.2 Å². The maximum absolute atomic E-state index is 11.9. The van der Waals surface area contributed by atoms with Gasteiger partial charge in [-0.2, -0.15) is 0 Å². The van der Waals surface area contributed by atoms with Crippen molar-refractivity contribution in [1.82, 2.24) is 10.6 Å². The molecule has 1 rings (SSSR count). The fourth-order valence-electron chi connectivity index (χ4n) is 1.86. The van der Waals surface area contributed by atoms with E-state index in [1.807, 2.05) is 12.1 Å². The lowest BCUT2D eigenvalue weighted by atomic mass is 10.2. The van der Waals surface area contributed by atoms with Gasteiger partial charge in [-0.3, -0.25) is 9.79 Å². The van der Waals surface area contributed by atoms with Crippen LogP contribution in [0.1, 0.15) is 31.7 Å². The summed E-state index contributed by atoms with van der Waals surface area (Å²) < 4.78 is 0. The van der Waals surface area contributed by atoms with Crippen molar-refractivity contribution in [2.75, 3.05) is 25.5 Å². The maximum atomic E-state index is 11.9. The van der Waals surface area contributed by atoms with Gasteiger partial charge in [0.1, 0.15) is 0 Å². The van der Waals surface area contributed by atoms with E-state index in [1.165, 1.54) is 12.8 Å². The molecule has 1 aromatic carbocycles. The van der Waals surface area contributed by atoms with E-state index in [9.17, 15) is 4.79 Å². The van der Waals surface area contributed by atoms with Gasteiger partial charge in [-0.15, -0.1) is 6.42 Å². The van der Waals surface area contributed by atoms with Crippen LogP contribution in [0.25, 0.3) is 0 Å². The van der Waals surface area contributed by atoms with Crippen molar-refractivity contribution in [3.63, 3.8) is 0 Å². The number of nitrogens with one attached hydrogen (secondary N) is 3. The molecule has 0 aromatic heterocycles. The zero-order valence-electron chi connectivity index (χ0n) is 13.3. The highest BCUT2D eigenvalue weighted by Gasteiger charge is 2.04. The number of carbonyl (C=O) groups excluding carboxylic acids is 1. The number of aliphatic imine (C=N–C) groups is 1. The minimum absolute atomic E-state index is 0.147. The summed E-state index contributed by atoms with van der Waals surface area (Å²) in [4.78, 5) is 16.0. The number of unbranched alkanes of at least 4 members (excludes halogenated alkanes) is 2. The zero-order valence-corrected chi connectivity index (χ0v) is 13.3. The topological polar surface area (TPSA) is 65.5 Å². The molecular formula is C17H24N4O. The molecule has 118 valence electrons. The Morgan fingerprint density at radius 2 is 2.14 bits per heavy atom. The smallest absolute Gasteiger partial charge is 0.243 e. The molecule has 3 N–H and O–H groups in total. The molecule has 0 fully saturated rings. The zero-order chi connectivity index (χ0) is 16.2. The third-order valence-electron chi connectivity index (χ3n) is 3.03. The first-order chi connectivity index (χ1) is 10.7. The van der Waals surface area contributed by atoms with Gasteiger partial charge in [0, 0.05) is 24.8 Å². The summed E-state index contributed by atoms with van der Waals surface area (Å²) in [6.45, 7) is 3.15. The van der Waals surface area contributed by atoms with Crippen LogP contribution < -0.4 is 16.0 Å². The molecule has 0 saturated heterocycles. The van der Waals surface area contributed by atoms with Crippen LogP contribution in [0.15, 0.2) is 29.3 Å². The average molecular weight is 300 g/mol. The van der Waals surface area contributed by atoms with Crippen molar-refractivity contribution >= 4 is 17.6 Å². The molecule has 0 saturated carbocycles. The number of anilines is 1. The van der Waals surface area contributed by atoms with Gasteiger partial charge in [-0.1, -0.05) is 31.8 Å². The Hall–Kier alpha value is -2.48. The van der Waals surface area contributed by atoms with Crippen LogP contribution >= 0.6 is 0 Å². The van der Waals surface area contributed by atoms with E-state index >= 15 is 0 Å². The number of amides is 1. The first kappa shape index (κ1) is 17.6. The molecule has 0 radical (unpaired) electrons. The third-order valence-corrected chi connectivity index (χ3v) is 3.03. The maximum Gasteiger partial charge on any atom is 0.243 e. The van der Waals surface area contributed by atoms with Gasteiger partial charge < -0.3 is 16.0 Å². The largest absolute Gasteiger partial charge is 0.356 e. The van der Waals surface area contributed by atoms with E-state index in [1.54, 1.807) is 19.2 Å². The average Bonchev–Trinajstić information content (AvgIpc) is 2.54. The molecule has 0 aliphatic carbocycles. The van der Waals surface area contributed by atoms with Crippen molar-refractivity contribution in [2.24, 2.45) is 4.99 Å². The van der Waals surface area contributed by atoms with Crippen molar-refractivity contribution in [3.05, 3.63) is 29.8 Å². The number of rotatable bonds is 7. The molecule has 0 aliphatic rings. The van der Waals surface area contributed by atoms with Gasteiger partial charge in [0.2, 0.25) is 5.91 Å². The Morgan fingerprint density at radius 3 is 2.82 bits per heavy atom. The van der Waals surface area contributed by atoms with Crippen molar-refractivity contribution in [3.8, 4) is 12.3 Å². The number of carbonyl (C=O) groups is 1. The predicted molar refractivity (Wildman–Crippen MR) is 91.9 cm³/mol. The monoisotopic (exact) mass is 300 g/mol. The van der Waals surface area contributed by atoms with E-state index < -0.39 is 0 Å². The normalized spacial score (nSPS) is 10.7. The van der Waals surface area contributed by atoms with Gasteiger partial charge >= 0.3 is 0 Å². The molecule has 0 bridgehead atoms. The molecule has 0 atom stereocenters. The second kappa shape index (κ2) is 10.3. The molecule has 1 amide bonds. The lowest BCUT2D eigenvalue weighted by Crippen LogP contribution is -2.41. The van der Waals surface area contributed by atoms with E-state index in [0.29, 0.717) is 11.6 Å². The molecule has 5 nitrogen and oxygen atoms in total. The number of hydrogen-bond acceptors (Lipinski definition) is 2. The SMILES string of the molecule is C#Cc1cccc(NC(=O)CNC(=NC)NCCCCC)c1. The summed E-state index contributed by atoms with van der Waals surface area (Å²) in [5.74, 6) is 3.02. The van der Waals surface area contributed by atoms with E-state index in [4.69, 9.17) is 6.42 Å². The highest BCUT2D eigenvalue weighted by molar-refractivity contribution is 5.95. The van der Waals surface area contributed by atoms with Crippen LogP contribution in [-0.4, -0.2) is 32.0 Å². The highest BCUT2D eigenvalue weighted by atomic mass is 16.1. The first-order valence-corrected chi connectivity index (χ1v) is 7.50. The minimum atomic E-state index is -0.148. The summed E-state index contributed by atoms with van der Waals surface area (Å²) >= 11 is 0. The van der Waals surface area contributed by atoms with E-state index in [0.717, 1.165) is 18.5 Å². The second-order valence-corrected chi connectivity index (χ2v) is 4.83. The number of nitrogens with zero attached hydrogens (tertiary/aromatic N) is 1. The van der Waals surface area contributed by atoms with Crippen LogP contribution in [0.2, 0.25) is 0 Å². The van der Waals surface area contributed by atoms with Crippen molar-refractivity contribution < 1.29 is 4.79 Å². The summed E-state index contributed by atoms with van der Waals surface area (Å²) in [7, 11) is 1.68. The Bertz CT molecular complexity index is 546. The number of hydrogen-bond donors (Lipinski definition) is 3. The molecule has 5 heteroatoms. The molecule has 22 heavy (non-hydrogen) atoms. The van der Waals surface area contributed by atoms with Gasteiger partial charge in [-0.05, 0) is 24.6 Å². The Kier molecular flexibility index (Phi) is 8.21. The van der Waals surface area contributed by atoms with E-state index in [-0.39, 0.29) is 12.5 Å². The van der Waals surface area contributed by atoms with Crippen LogP contribution in [0.4, 0.5) is 5.69 Å². The van der Waals surface area contributed by atoms with Crippen molar-refractivity contribution in [1.29, 1.82) is 0 Å². The fraction of sp³-hybridized carbons (Fsp3) is 0.412. The predicted octanol–water partition coefficient (Wildman–Crippen LogP) is 1.96. The fourth-order valence-corrected chi connectivity index (χ4v) is 1.86. The van der Waals surface area contributed by atoms with Gasteiger partial charge in [0.05, 0.1) is 6.54 Å². The molecule has 0 aliphatic heterocycles. The summed E-state index contributed by atoms with van der Waals surface area (Å²) in [5, 5.41) is 8.95. The third kappa shape index (κ3) is 6.80. The van der Waals surface area contributed by atoms with Gasteiger partial charge in [0.15, 0.2) is 5.96 Å². The molecular weight excluding hydrogens is 276 g/mol. The lowest BCUT2D eigenvalue weighted by molar-refractivity contribution is -0.115. The second-order valence-electron chi connectivity index (χ2n) is 4.83. The Morgan fingerprint density at radius 1 is 1.32 bits per heavy atom. The lowest BCUT2D eigenvalue weighted by Gasteiger charge is -2.12. The summed E-state index contributed by atoms with van der Waals surface area (Å²) in [6, 6.07) is 7.19.